The molecule has 2 saturated heterocycles. The fourth-order valence-electron chi connectivity index (χ4n) is 5.89. The third kappa shape index (κ3) is 6.05. The lowest BCUT2D eigenvalue weighted by atomic mass is 9.99. The molecule has 10 heteroatoms. The second-order valence-electron chi connectivity index (χ2n) is 10.8. The molecular weight excluding hydrogens is 551 g/mol. The number of halogens is 1. The van der Waals surface area contributed by atoms with E-state index in [9.17, 15) is 0 Å². The van der Waals surface area contributed by atoms with Crippen molar-refractivity contribution in [3.63, 3.8) is 0 Å². The molecule has 6 rings (SSSR count). The fraction of sp³-hybridized carbons (Fsp3) is 0.406. The summed E-state index contributed by atoms with van der Waals surface area (Å²) < 4.78 is 26.4. The molecule has 42 heavy (non-hydrogen) atoms. The zero-order valence-corrected chi connectivity index (χ0v) is 25.2. The molecule has 2 aromatic carbocycles. The van der Waals surface area contributed by atoms with Gasteiger partial charge in [-0.1, -0.05) is 13.3 Å². The number of benzene rings is 2. The Morgan fingerprint density at radius 2 is 1.83 bits per heavy atom. The molecule has 0 bridgehead atoms. The largest absolute Gasteiger partial charge is 0.497 e. The first kappa shape index (κ1) is 28.4. The monoisotopic (exact) mass is 588 g/mol. The van der Waals surface area contributed by atoms with Crippen LogP contribution >= 0.6 is 11.3 Å². The molecule has 0 radical (unpaired) electrons. The molecule has 8 nitrogen and oxygen atoms in total. The van der Waals surface area contributed by atoms with Crippen LogP contribution in [-0.4, -0.2) is 66.3 Å². The third-order valence-electron chi connectivity index (χ3n) is 8.03. The number of fused-ring (bicyclic) bond motifs is 1. The maximum absolute atomic E-state index is 15.4. The molecule has 2 aliphatic heterocycles. The quantitative estimate of drug-likeness (QED) is 0.229. The first-order valence-electron chi connectivity index (χ1n) is 14.7. The topological polar surface area (TPSA) is 75.6 Å². The van der Waals surface area contributed by atoms with Gasteiger partial charge in [0.1, 0.15) is 17.3 Å². The Bertz CT molecular complexity index is 1520. The molecule has 2 fully saturated rings. The summed E-state index contributed by atoms with van der Waals surface area (Å²) in [5.74, 6) is 1.55. The van der Waals surface area contributed by atoms with Crippen molar-refractivity contribution in [2.75, 3.05) is 50.6 Å². The number of rotatable bonds is 9. The normalized spacial score (nSPS) is 17.1. The summed E-state index contributed by atoms with van der Waals surface area (Å²) in [6, 6.07) is 13.5. The highest BCUT2D eigenvalue weighted by Crippen LogP contribution is 2.39. The van der Waals surface area contributed by atoms with Crippen molar-refractivity contribution < 1.29 is 13.9 Å². The minimum atomic E-state index is -0.235. The summed E-state index contributed by atoms with van der Waals surface area (Å²) in [5.41, 5.74) is 3.72. The van der Waals surface area contributed by atoms with Crippen LogP contribution in [0, 0.1) is 5.82 Å². The highest BCUT2D eigenvalue weighted by atomic mass is 32.1. The van der Waals surface area contributed by atoms with Gasteiger partial charge in [-0.2, -0.15) is 0 Å². The van der Waals surface area contributed by atoms with E-state index in [1.807, 2.05) is 36.4 Å². The Balaban J connectivity index is 1.25. The summed E-state index contributed by atoms with van der Waals surface area (Å²) in [4.78, 5) is 19.9. The first-order valence-corrected chi connectivity index (χ1v) is 15.5. The number of piperidine rings is 1. The van der Waals surface area contributed by atoms with Crippen LogP contribution in [0.2, 0.25) is 0 Å². The number of anilines is 3. The number of hydrogen-bond donors (Lipinski definition) is 1. The summed E-state index contributed by atoms with van der Waals surface area (Å²) >= 11 is 1.62. The lowest BCUT2D eigenvalue weighted by Gasteiger charge is -2.45. The van der Waals surface area contributed by atoms with Crippen molar-refractivity contribution in [2.45, 2.75) is 45.1 Å². The van der Waals surface area contributed by atoms with E-state index in [1.54, 1.807) is 37.8 Å². The van der Waals surface area contributed by atoms with E-state index < -0.39 is 0 Å². The summed E-state index contributed by atoms with van der Waals surface area (Å²) in [7, 11) is 3.27. The Morgan fingerprint density at radius 1 is 1.00 bits per heavy atom. The molecule has 4 heterocycles. The molecule has 0 amide bonds. The molecule has 0 saturated carbocycles. The standard InChI is InChI=1S/C32H37FN6O2S/c1-4-7-29-37-30(21-16-24(40-2)19-25(17-21)41-3)31(42-29)27-11-12-34-32(36-27)35-22-9-10-28(26(33)18-22)39-15-14-38-13-6-5-8-23(38)20-39/h9-12,16-19,23H,4-8,13-15,20H2,1-3H3,(H,34,35,36). The van der Waals surface area contributed by atoms with Gasteiger partial charge in [0, 0.05) is 49.2 Å². The van der Waals surface area contributed by atoms with Gasteiger partial charge in [0.25, 0.3) is 0 Å². The zero-order valence-electron chi connectivity index (χ0n) is 24.4. The predicted molar refractivity (Wildman–Crippen MR) is 167 cm³/mol. The predicted octanol–water partition coefficient (Wildman–Crippen LogP) is 6.79. The van der Waals surface area contributed by atoms with Crippen LogP contribution in [0.1, 0.15) is 37.6 Å². The van der Waals surface area contributed by atoms with Crippen molar-refractivity contribution in [3.8, 4) is 33.3 Å². The highest BCUT2D eigenvalue weighted by Gasteiger charge is 2.30. The fourth-order valence-corrected chi connectivity index (χ4v) is 7.05. The van der Waals surface area contributed by atoms with Gasteiger partial charge in [-0.05, 0) is 68.6 Å². The van der Waals surface area contributed by atoms with Gasteiger partial charge in [-0.15, -0.1) is 11.3 Å². The van der Waals surface area contributed by atoms with Gasteiger partial charge in [0.2, 0.25) is 5.95 Å². The maximum Gasteiger partial charge on any atom is 0.227 e. The van der Waals surface area contributed by atoms with Crippen LogP contribution in [0.5, 0.6) is 11.5 Å². The molecule has 4 aromatic rings. The average molecular weight is 589 g/mol. The molecule has 2 aromatic heterocycles. The van der Waals surface area contributed by atoms with Gasteiger partial charge in [-0.25, -0.2) is 19.3 Å². The summed E-state index contributed by atoms with van der Waals surface area (Å²) in [6.07, 6.45) is 7.30. The zero-order chi connectivity index (χ0) is 29.1. The van der Waals surface area contributed by atoms with Gasteiger partial charge in [-0.3, -0.25) is 4.90 Å². The van der Waals surface area contributed by atoms with Gasteiger partial charge in [0.05, 0.1) is 41.2 Å². The number of thiazole rings is 1. The maximum atomic E-state index is 15.4. The van der Waals surface area contributed by atoms with Crippen LogP contribution in [0.15, 0.2) is 48.7 Å². The molecule has 1 N–H and O–H groups in total. The summed E-state index contributed by atoms with van der Waals surface area (Å²) in [5, 5.41) is 4.24. The molecule has 1 unspecified atom stereocenters. The minimum Gasteiger partial charge on any atom is -0.497 e. The van der Waals surface area contributed by atoms with Crippen LogP contribution in [0.3, 0.4) is 0 Å². The Morgan fingerprint density at radius 3 is 2.60 bits per heavy atom. The van der Waals surface area contributed by atoms with Crippen molar-refractivity contribution >= 4 is 28.7 Å². The van der Waals surface area contributed by atoms with Crippen LogP contribution in [-0.2, 0) is 6.42 Å². The molecule has 2 aliphatic rings. The van der Waals surface area contributed by atoms with Gasteiger partial charge in [0.15, 0.2) is 0 Å². The molecule has 0 aliphatic carbocycles. The Hall–Kier alpha value is -3.76. The van der Waals surface area contributed by atoms with E-state index in [0.29, 0.717) is 34.9 Å². The molecule has 0 spiro atoms. The van der Waals surface area contributed by atoms with Crippen molar-refractivity contribution in [3.05, 3.63) is 59.5 Å². The first-order chi connectivity index (χ1) is 20.5. The van der Waals surface area contributed by atoms with Crippen molar-refractivity contribution in [1.29, 1.82) is 0 Å². The second-order valence-corrected chi connectivity index (χ2v) is 11.9. The third-order valence-corrected chi connectivity index (χ3v) is 9.17. The van der Waals surface area contributed by atoms with Crippen LogP contribution in [0.4, 0.5) is 21.7 Å². The van der Waals surface area contributed by atoms with Gasteiger partial charge < -0.3 is 19.7 Å². The van der Waals surface area contributed by atoms with Crippen LogP contribution < -0.4 is 19.7 Å². The molecule has 220 valence electrons. The lowest BCUT2D eigenvalue weighted by molar-refractivity contribution is 0.133. The Labute approximate surface area is 250 Å². The second kappa shape index (κ2) is 12.6. The number of aromatic nitrogens is 3. The summed E-state index contributed by atoms with van der Waals surface area (Å²) in [6.45, 7) is 6.03. The highest BCUT2D eigenvalue weighted by molar-refractivity contribution is 7.15. The van der Waals surface area contributed by atoms with Crippen molar-refractivity contribution in [1.82, 2.24) is 19.9 Å². The SMILES string of the molecule is CCCc1nc(-c2cc(OC)cc(OC)c2)c(-c2ccnc(Nc3ccc(N4CCN5CCCCC5C4)c(F)c3)n2)s1. The van der Waals surface area contributed by atoms with E-state index in [1.165, 1.54) is 25.8 Å². The van der Waals surface area contributed by atoms with Gasteiger partial charge >= 0.3 is 0 Å². The number of piperazine rings is 1. The van der Waals surface area contributed by atoms with Crippen molar-refractivity contribution in [2.24, 2.45) is 0 Å². The minimum absolute atomic E-state index is 0.235. The smallest absolute Gasteiger partial charge is 0.227 e. The van der Waals surface area contributed by atoms with E-state index in [-0.39, 0.29) is 5.82 Å². The average Bonchev–Trinajstić information content (AvgIpc) is 3.45. The number of nitrogens with one attached hydrogen (secondary N) is 1. The number of nitrogens with zero attached hydrogens (tertiary/aromatic N) is 5. The van der Waals surface area contributed by atoms with E-state index in [2.05, 4.69) is 27.0 Å². The number of ether oxygens (including phenoxy) is 2. The van der Waals surface area contributed by atoms with E-state index >= 15 is 4.39 Å². The number of aryl methyl sites for hydroxylation is 1. The number of hydrogen-bond acceptors (Lipinski definition) is 9. The molecule has 1 atom stereocenters. The molecular formula is C32H37FN6O2S. The van der Waals surface area contributed by atoms with E-state index in [0.717, 1.165) is 59.3 Å². The lowest BCUT2D eigenvalue weighted by Crippen LogP contribution is -2.55. The van der Waals surface area contributed by atoms with E-state index in [4.69, 9.17) is 19.4 Å². The number of methoxy groups -OCH3 is 2. The van der Waals surface area contributed by atoms with Crippen LogP contribution in [0.25, 0.3) is 21.8 Å². The Kier molecular flexibility index (Phi) is 8.53.